The molecule has 0 saturated heterocycles. The Labute approximate surface area is 98.7 Å². The summed E-state index contributed by atoms with van der Waals surface area (Å²) < 4.78 is 5.13. The quantitative estimate of drug-likeness (QED) is 0.860. The predicted molar refractivity (Wildman–Crippen MR) is 60.0 cm³/mol. The Bertz CT molecular complexity index is 469. The van der Waals surface area contributed by atoms with Crippen molar-refractivity contribution < 1.29 is 9.63 Å². The van der Waals surface area contributed by atoms with Gasteiger partial charge in [0.1, 0.15) is 0 Å². The minimum absolute atomic E-state index is 0.153. The number of hydrogen-bond acceptors (Lipinski definition) is 6. The van der Waals surface area contributed by atoms with Gasteiger partial charge < -0.3 is 9.63 Å². The molecule has 6 nitrogen and oxygen atoms in total. The van der Waals surface area contributed by atoms with Crippen LogP contribution in [-0.4, -0.2) is 31.3 Å². The second-order valence-electron chi connectivity index (χ2n) is 3.78. The second-order valence-corrected chi connectivity index (χ2v) is 3.78. The summed E-state index contributed by atoms with van der Waals surface area (Å²) in [5.41, 5.74) is 0. The SMILES string of the molecule is CCC(c1nc(-c2ncccn2)no1)C(C)O. The minimum atomic E-state index is -0.523. The highest BCUT2D eigenvalue weighted by Crippen LogP contribution is 2.23. The van der Waals surface area contributed by atoms with Crippen LogP contribution in [0.25, 0.3) is 11.6 Å². The summed E-state index contributed by atoms with van der Waals surface area (Å²) in [4.78, 5) is 12.3. The molecule has 2 aromatic heterocycles. The van der Waals surface area contributed by atoms with Gasteiger partial charge in [-0.2, -0.15) is 4.98 Å². The first kappa shape index (κ1) is 11.7. The molecule has 2 aromatic rings. The third-order valence-electron chi connectivity index (χ3n) is 2.55. The smallest absolute Gasteiger partial charge is 0.240 e. The normalized spacial score (nSPS) is 14.5. The monoisotopic (exact) mass is 234 g/mol. The van der Waals surface area contributed by atoms with Crippen molar-refractivity contribution in [1.29, 1.82) is 0 Å². The van der Waals surface area contributed by atoms with Crippen LogP contribution in [0, 0.1) is 0 Å². The summed E-state index contributed by atoms with van der Waals surface area (Å²) in [5.74, 6) is 1.03. The molecule has 0 saturated carbocycles. The summed E-state index contributed by atoms with van der Waals surface area (Å²) in [5, 5.41) is 13.4. The van der Waals surface area contributed by atoms with Crippen molar-refractivity contribution in [3.05, 3.63) is 24.4 Å². The van der Waals surface area contributed by atoms with E-state index in [4.69, 9.17) is 4.52 Å². The average molecular weight is 234 g/mol. The first-order valence-electron chi connectivity index (χ1n) is 5.51. The Balaban J connectivity index is 2.27. The lowest BCUT2D eigenvalue weighted by atomic mass is 10.0. The van der Waals surface area contributed by atoms with Crippen molar-refractivity contribution in [2.75, 3.05) is 0 Å². The molecule has 0 radical (unpaired) electrons. The first-order valence-corrected chi connectivity index (χ1v) is 5.51. The highest BCUT2D eigenvalue weighted by Gasteiger charge is 2.22. The van der Waals surface area contributed by atoms with Gasteiger partial charge in [0.25, 0.3) is 0 Å². The van der Waals surface area contributed by atoms with E-state index < -0.39 is 6.10 Å². The highest BCUT2D eigenvalue weighted by atomic mass is 16.5. The summed E-state index contributed by atoms with van der Waals surface area (Å²) in [6.07, 6.45) is 3.44. The number of rotatable bonds is 4. The minimum Gasteiger partial charge on any atom is -0.393 e. The molecule has 6 heteroatoms. The Morgan fingerprint density at radius 1 is 1.29 bits per heavy atom. The van der Waals surface area contributed by atoms with E-state index in [1.165, 1.54) is 0 Å². The van der Waals surface area contributed by atoms with E-state index in [0.29, 0.717) is 17.5 Å². The molecule has 0 aliphatic rings. The van der Waals surface area contributed by atoms with Gasteiger partial charge in [0.15, 0.2) is 0 Å². The van der Waals surface area contributed by atoms with Crippen molar-refractivity contribution in [1.82, 2.24) is 20.1 Å². The standard InChI is InChI=1S/C11H14N4O2/c1-3-8(7(2)16)11-14-10(15-17-11)9-12-5-4-6-13-9/h4-8,16H,3H2,1-2H3. The summed E-state index contributed by atoms with van der Waals surface area (Å²) in [6.45, 7) is 3.66. The molecule has 1 N–H and O–H groups in total. The molecule has 90 valence electrons. The van der Waals surface area contributed by atoms with Gasteiger partial charge in [-0.05, 0) is 19.4 Å². The van der Waals surface area contributed by atoms with Gasteiger partial charge in [-0.25, -0.2) is 9.97 Å². The van der Waals surface area contributed by atoms with E-state index in [2.05, 4.69) is 20.1 Å². The van der Waals surface area contributed by atoms with Gasteiger partial charge in [-0.3, -0.25) is 0 Å². The maximum atomic E-state index is 9.59. The van der Waals surface area contributed by atoms with Gasteiger partial charge in [-0.15, -0.1) is 0 Å². The van der Waals surface area contributed by atoms with E-state index in [1.54, 1.807) is 25.4 Å². The highest BCUT2D eigenvalue weighted by molar-refractivity contribution is 5.40. The zero-order chi connectivity index (χ0) is 12.3. The van der Waals surface area contributed by atoms with Gasteiger partial charge >= 0.3 is 0 Å². The van der Waals surface area contributed by atoms with Crippen molar-refractivity contribution in [3.63, 3.8) is 0 Å². The number of aromatic nitrogens is 4. The van der Waals surface area contributed by atoms with E-state index in [1.807, 2.05) is 6.92 Å². The molecule has 0 aliphatic heterocycles. The topological polar surface area (TPSA) is 84.9 Å². The maximum Gasteiger partial charge on any atom is 0.240 e. The molecule has 0 aromatic carbocycles. The van der Waals surface area contributed by atoms with E-state index in [0.717, 1.165) is 6.42 Å². The predicted octanol–water partition coefficient (Wildman–Crippen LogP) is 1.40. The van der Waals surface area contributed by atoms with Crippen molar-refractivity contribution >= 4 is 0 Å². The molecule has 2 unspecified atom stereocenters. The maximum absolute atomic E-state index is 9.59. The fraction of sp³-hybridized carbons (Fsp3) is 0.455. The molecule has 0 bridgehead atoms. The lowest BCUT2D eigenvalue weighted by Crippen LogP contribution is -2.14. The molecule has 17 heavy (non-hydrogen) atoms. The third-order valence-corrected chi connectivity index (χ3v) is 2.55. The number of aliphatic hydroxyl groups is 1. The Kier molecular flexibility index (Phi) is 3.43. The lowest BCUT2D eigenvalue weighted by Gasteiger charge is -2.12. The molecule has 2 atom stereocenters. The Morgan fingerprint density at radius 2 is 2.00 bits per heavy atom. The van der Waals surface area contributed by atoms with Crippen molar-refractivity contribution in [3.8, 4) is 11.6 Å². The van der Waals surface area contributed by atoms with Gasteiger partial charge in [0.05, 0.1) is 12.0 Å². The van der Waals surface area contributed by atoms with Gasteiger partial charge in [0.2, 0.25) is 17.5 Å². The lowest BCUT2D eigenvalue weighted by molar-refractivity contribution is 0.141. The van der Waals surface area contributed by atoms with Crippen LogP contribution >= 0.6 is 0 Å². The van der Waals surface area contributed by atoms with Crippen LogP contribution in [0.15, 0.2) is 23.0 Å². The Morgan fingerprint density at radius 3 is 2.59 bits per heavy atom. The molecule has 0 spiro atoms. The molecule has 2 heterocycles. The fourth-order valence-electron chi connectivity index (χ4n) is 1.61. The van der Waals surface area contributed by atoms with E-state index >= 15 is 0 Å². The molecular formula is C11H14N4O2. The van der Waals surface area contributed by atoms with Crippen LogP contribution in [0.1, 0.15) is 32.1 Å². The number of aliphatic hydroxyl groups excluding tert-OH is 1. The van der Waals surface area contributed by atoms with Crippen LogP contribution in [0.2, 0.25) is 0 Å². The summed E-state index contributed by atoms with van der Waals surface area (Å²) in [6, 6.07) is 1.72. The Hall–Kier alpha value is -1.82. The van der Waals surface area contributed by atoms with Crippen molar-refractivity contribution in [2.24, 2.45) is 0 Å². The largest absolute Gasteiger partial charge is 0.393 e. The fourth-order valence-corrected chi connectivity index (χ4v) is 1.61. The number of hydrogen-bond donors (Lipinski definition) is 1. The molecule has 0 fully saturated rings. The molecular weight excluding hydrogens is 220 g/mol. The molecule has 0 amide bonds. The zero-order valence-electron chi connectivity index (χ0n) is 9.74. The zero-order valence-corrected chi connectivity index (χ0v) is 9.74. The summed E-state index contributed by atoms with van der Waals surface area (Å²) >= 11 is 0. The summed E-state index contributed by atoms with van der Waals surface area (Å²) in [7, 11) is 0. The third kappa shape index (κ3) is 2.47. The van der Waals surface area contributed by atoms with Crippen molar-refractivity contribution in [2.45, 2.75) is 32.3 Å². The average Bonchev–Trinajstić information content (AvgIpc) is 2.80. The molecule has 0 aliphatic carbocycles. The first-order chi connectivity index (χ1) is 8.22. The van der Waals surface area contributed by atoms with Crippen LogP contribution in [0.4, 0.5) is 0 Å². The van der Waals surface area contributed by atoms with Crippen LogP contribution in [-0.2, 0) is 0 Å². The second kappa shape index (κ2) is 5.01. The number of nitrogens with zero attached hydrogens (tertiary/aromatic N) is 4. The van der Waals surface area contributed by atoms with Crippen LogP contribution in [0.5, 0.6) is 0 Å². The van der Waals surface area contributed by atoms with Crippen LogP contribution < -0.4 is 0 Å². The van der Waals surface area contributed by atoms with E-state index in [-0.39, 0.29) is 5.92 Å². The molecule has 2 rings (SSSR count). The van der Waals surface area contributed by atoms with E-state index in [9.17, 15) is 5.11 Å². The van der Waals surface area contributed by atoms with Crippen LogP contribution in [0.3, 0.4) is 0 Å². The van der Waals surface area contributed by atoms with Gasteiger partial charge in [0, 0.05) is 12.4 Å². The van der Waals surface area contributed by atoms with Gasteiger partial charge in [-0.1, -0.05) is 12.1 Å².